The lowest BCUT2D eigenvalue weighted by Crippen LogP contribution is -2.26. The predicted octanol–water partition coefficient (Wildman–Crippen LogP) is 6.88. The molecule has 5 rings (SSSR count). The van der Waals surface area contributed by atoms with Gasteiger partial charge < -0.3 is 5.32 Å². The van der Waals surface area contributed by atoms with Crippen LogP contribution in [0.2, 0.25) is 0 Å². The van der Waals surface area contributed by atoms with Crippen LogP contribution >= 0.6 is 0 Å². The molecule has 0 spiro atoms. The molecular formula is C28H28N2. The molecule has 1 aliphatic heterocycles. The maximum atomic E-state index is 4.71. The zero-order valence-corrected chi connectivity index (χ0v) is 17.6. The van der Waals surface area contributed by atoms with Gasteiger partial charge in [0.05, 0.1) is 5.84 Å². The van der Waals surface area contributed by atoms with Crippen LogP contribution in [0.4, 0.5) is 0 Å². The van der Waals surface area contributed by atoms with E-state index in [4.69, 9.17) is 4.99 Å². The summed E-state index contributed by atoms with van der Waals surface area (Å²) in [6.07, 6.45) is 7.15. The molecule has 0 saturated carbocycles. The maximum absolute atomic E-state index is 4.71. The van der Waals surface area contributed by atoms with Gasteiger partial charge in [-0.1, -0.05) is 79.2 Å². The van der Waals surface area contributed by atoms with Crippen molar-refractivity contribution in [2.45, 2.75) is 38.6 Å². The first-order chi connectivity index (χ1) is 14.8. The van der Waals surface area contributed by atoms with E-state index in [9.17, 15) is 0 Å². The molecule has 150 valence electrons. The number of aliphatic imine (C=N–C) groups is 1. The van der Waals surface area contributed by atoms with E-state index in [1.54, 1.807) is 0 Å². The molecule has 1 atom stereocenters. The van der Waals surface area contributed by atoms with Crippen molar-refractivity contribution in [2.75, 3.05) is 6.54 Å². The van der Waals surface area contributed by atoms with Gasteiger partial charge in [0.1, 0.15) is 0 Å². The minimum atomic E-state index is 0.275. The second kappa shape index (κ2) is 8.31. The van der Waals surface area contributed by atoms with Gasteiger partial charge in [-0.05, 0) is 64.8 Å². The lowest BCUT2D eigenvalue weighted by molar-refractivity contribution is 0.693. The second-order valence-corrected chi connectivity index (χ2v) is 8.32. The van der Waals surface area contributed by atoms with Crippen LogP contribution in [0.3, 0.4) is 0 Å². The summed E-state index contributed by atoms with van der Waals surface area (Å²) in [5, 5.41) is 3.63. The predicted molar refractivity (Wildman–Crippen MR) is 128 cm³/mol. The summed E-state index contributed by atoms with van der Waals surface area (Å²) in [5.74, 6) is 1.17. The Morgan fingerprint density at radius 2 is 1.40 bits per heavy atom. The number of hydrogen-bond donors (Lipinski definition) is 1. The number of fused-ring (bicyclic) bond motifs is 3. The molecule has 2 heteroatoms. The summed E-state index contributed by atoms with van der Waals surface area (Å²) in [7, 11) is 0. The van der Waals surface area contributed by atoms with Crippen LogP contribution in [0.25, 0.3) is 22.8 Å². The molecule has 30 heavy (non-hydrogen) atoms. The molecule has 0 amide bonds. The van der Waals surface area contributed by atoms with Crippen LogP contribution in [0.5, 0.6) is 0 Å². The summed E-state index contributed by atoms with van der Waals surface area (Å²) < 4.78 is 0. The van der Waals surface area contributed by atoms with Crippen molar-refractivity contribution in [3.05, 3.63) is 95.1 Å². The molecule has 2 aliphatic rings. The van der Waals surface area contributed by atoms with Crippen LogP contribution in [0.15, 0.2) is 77.8 Å². The maximum Gasteiger partial charge on any atom is 0.0967 e. The molecule has 1 N–H and O–H groups in total. The smallest absolute Gasteiger partial charge is 0.0967 e. The molecule has 3 aromatic carbocycles. The van der Waals surface area contributed by atoms with Gasteiger partial charge in [0.15, 0.2) is 0 Å². The highest BCUT2D eigenvalue weighted by atomic mass is 15.0. The largest absolute Gasteiger partial charge is 0.367 e. The fourth-order valence-electron chi connectivity index (χ4n) is 4.58. The van der Waals surface area contributed by atoms with E-state index in [2.05, 4.69) is 91.1 Å². The second-order valence-electron chi connectivity index (χ2n) is 8.32. The van der Waals surface area contributed by atoms with E-state index in [-0.39, 0.29) is 6.04 Å². The molecule has 0 saturated heterocycles. The monoisotopic (exact) mass is 392 g/mol. The third kappa shape index (κ3) is 3.70. The number of amidine groups is 1. The number of benzene rings is 3. The third-order valence-corrected chi connectivity index (χ3v) is 6.23. The Balaban J connectivity index is 1.40. The first-order valence-electron chi connectivity index (χ1n) is 11.1. The highest BCUT2D eigenvalue weighted by molar-refractivity contribution is 6.06. The first-order valence-corrected chi connectivity index (χ1v) is 11.1. The van der Waals surface area contributed by atoms with E-state index >= 15 is 0 Å². The zero-order valence-electron chi connectivity index (χ0n) is 17.6. The van der Waals surface area contributed by atoms with Gasteiger partial charge in [0.2, 0.25) is 0 Å². The van der Waals surface area contributed by atoms with Crippen LogP contribution < -0.4 is 5.32 Å². The van der Waals surface area contributed by atoms with Crippen LogP contribution in [0.1, 0.15) is 60.9 Å². The van der Waals surface area contributed by atoms with Crippen LogP contribution in [-0.2, 0) is 0 Å². The SMILES string of the molecule is CC(NC1=NCCCCC1)c1ccc(C=C2c3ccccc3-c3ccccc32)cc1. The van der Waals surface area contributed by atoms with Gasteiger partial charge >= 0.3 is 0 Å². The summed E-state index contributed by atoms with van der Waals surface area (Å²) in [4.78, 5) is 4.71. The lowest BCUT2D eigenvalue weighted by atomic mass is 9.99. The average Bonchev–Trinajstić information content (AvgIpc) is 2.92. The number of hydrogen-bond acceptors (Lipinski definition) is 2. The molecule has 1 heterocycles. The molecule has 0 fully saturated rings. The van der Waals surface area contributed by atoms with Gasteiger partial charge in [-0.15, -0.1) is 0 Å². The third-order valence-electron chi connectivity index (χ3n) is 6.23. The molecule has 2 nitrogen and oxygen atoms in total. The standard InChI is InChI=1S/C28H28N2/c1-20(30-28-13-3-2-8-18-29-28)22-16-14-21(15-17-22)19-27-25-11-6-4-9-23(25)24-10-5-7-12-26(24)27/h4-7,9-12,14-17,19-20H,2-3,8,13,18H2,1H3,(H,29,30). The molecule has 0 aromatic heterocycles. The fraction of sp³-hybridized carbons (Fsp3) is 0.250. The van der Waals surface area contributed by atoms with E-state index in [0.717, 1.165) is 13.0 Å². The lowest BCUT2D eigenvalue weighted by Gasteiger charge is -2.17. The number of rotatable bonds is 3. The average molecular weight is 393 g/mol. The quantitative estimate of drug-likeness (QED) is 0.404. The van der Waals surface area contributed by atoms with Gasteiger partial charge in [0.25, 0.3) is 0 Å². The minimum absolute atomic E-state index is 0.275. The fourth-order valence-corrected chi connectivity index (χ4v) is 4.58. The summed E-state index contributed by atoms with van der Waals surface area (Å²) in [6, 6.07) is 26.7. The first kappa shape index (κ1) is 18.9. The van der Waals surface area contributed by atoms with Gasteiger partial charge in [0, 0.05) is 19.0 Å². The Morgan fingerprint density at radius 1 is 0.767 bits per heavy atom. The highest BCUT2D eigenvalue weighted by Crippen LogP contribution is 2.44. The van der Waals surface area contributed by atoms with Crippen molar-refractivity contribution in [1.29, 1.82) is 0 Å². The zero-order chi connectivity index (χ0) is 20.3. The van der Waals surface area contributed by atoms with E-state index in [1.165, 1.54) is 64.1 Å². The van der Waals surface area contributed by atoms with E-state index in [1.807, 2.05) is 0 Å². The highest BCUT2D eigenvalue weighted by Gasteiger charge is 2.22. The molecular weight excluding hydrogens is 364 g/mol. The van der Waals surface area contributed by atoms with Crippen molar-refractivity contribution in [3.8, 4) is 11.1 Å². The Morgan fingerprint density at radius 3 is 2.07 bits per heavy atom. The Hall–Kier alpha value is -3.13. The minimum Gasteiger partial charge on any atom is -0.367 e. The Kier molecular flexibility index (Phi) is 5.23. The number of nitrogens with zero attached hydrogens (tertiary/aromatic N) is 1. The number of nitrogens with one attached hydrogen (secondary N) is 1. The van der Waals surface area contributed by atoms with E-state index in [0.29, 0.717) is 0 Å². The van der Waals surface area contributed by atoms with Crippen molar-refractivity contribution >= 4 is 17.5 Å². The summed E-state index contributed by atoms with van der Waals surface area (Å²) >= 11 is 0. The van der Waals surface area contributed by atoms with Crippen molar-refractivity contribution in [3.63, 3.8) is 0 Å². The summed E-state index contributed by atoms with van der Waals surface area (Å²) in [5.41, 5.74) is 9.16. The van der Waals surface area contributed by atoms with Gasteiger partial charge in [-0.3, -0.25) is 4.99 Å². The molecule has 1 aliphatic carbocycles. The summed E-state index contributed by atoms with van der Waals surface area (Å²) in [6.45, 7) is 3.19. The van der Waals surface area contributed by atoms with Gasteiger partial charge in [-0.2, -0.15) is 0 Å². The van der Waals surface area contributed by atoms with Crippen molar-refractivity contribution in [1.82, 2.24) is 5.32 Å². The Labute approximate surface area is 179 Å². The van der Waals surface area contributed by atoms with Crippen LogP contribution in [-0.4, -0.2) is 12.4 Å². The molecule has 1 unspecified atom stereocenters. The molecule has 3 aromatic rings. The molecule has 0 bridgehead atoms. The molecule has 0 radical (unpaired) electrons. The van der Waals surface area contributed by atoms with Crippen molar-refractivity contribution < 1.29 is 0 Å². The van der Waals surface area contributed by atoms with Crippen LogP contribution in [0, 0.1) is 0 Å². The van der Waals surface area contributed by atoms with Gasteiger partial charge in [-0.25, -0.2) is 0 Å². The van der Waals surface area contributed by atoms with Crippen molar-refractivity contribution in [2.24, 2.45) is 4.99 Å². The Bertz CT molecular complexity index is 1060. The topological polar surface area (TPSA) is 24.4 Å². The van der Waals surface area contributed by atoms with E-state index < -0.39 is 0 Å². The normalized spacial score (nSPS) is 16.2.